The summed E-state index contributed by atoms with van der Waals surface area (Å²) in [5.41, 5.74) is 0.109. The summed E-state index contributed by atoms with van der Waals surface area (Å²) in [6.45, 7) is 0. The van der Waals surface area contributed by atoms with Gasteiger partial charge in [0, 0.05) is 18.0 Å². The van der Waals surface area contributed by atoms with E-state index in [4.69, 9.17) is 11.6 Å². The third kappa shape index (κ3) is 3.32. The smallest absolute Gasteiger partial charge is 0.163 e. The number of halogens is 2. The Morgan fingerprint density at radius 3 is 2.53 bits per heavy atom. The maximum absolute atomic E-state index is 12.9. The van der Waals surface area contributed by atoms with Gasteiger partial charge in [0.15, 0.2) is 5.78 Å². The molecule has 0 radical (unpaired) electrons. The highest BCUT2D eigenvalue weighted by Gasteiger charge is 2.08. The number of rotatable bonds is 4. The molecule has 3 nitrogen and oxygen atoms in total. The molecular formula is C10H7ClFO3-. The van der Waals surface area contributed by atoms with Crippen molar-refractivity contribution in [2.45, 2.75) is 12.8 Å². The fourth-order valence-corrected chi connectivity index (χ4v) is 1.15. The Hall–Kier alpha value is -1.42. The van der Waals surface area contributed by atoms with E-state index in [0.717, 1.165) is 6.07 Å². The van der Waals surface area contributed by atoms with Crippen LogP contribution in [0.1, 0.15) is 23.2 Å². The monoisotopic (exact) mass is 229 g/mol. The second-order valence-electron chi connectivity index (χ2n) is 2.92. The van der Waals surface area contributed by atoms with Crippen LogP contribution >= 0.6 is 11.6 Å². The first-order valence-corrected chi connectivity index (χ1v) is 4.56. The Kier molecular flexibility index (Phi) is 3.80. The molecule has 0 aliphatic carbocycles. The third-order valence-corrected chi connectivity index (χ3v) is 2.10. The lowest BCUT2D eigenvalue weighted by Gasteiger charge is -2.02. The summed E-state index contributed by atoms with van der Waals surface area (Å²) in [5.74, 6) is -2.46. The summed E-state index contributed by atoms with van der Waals surface area (Å²) in [6, 6.07) is 3.59. The van der Waals surface area contributed by atoms with Crippen molar-refractivity contribution in [2.75, 3.05) is 0 Å². The Morgan fingerprint density at radius 2 is 2.00 bits per heavy atom. The molecule has 0 saturated heterocycles. The zero-order chi connectivity index (χ0) is 11.4. The molecule has 1 aromatic carbocycles. The number of ketones is 1. The molecule has 0 bridgehead atoms. The fourth-order valence-electron chi connectivity index (χ4n) is 1.03. The minimum Gasteiger partial charge on any atom is -0.550 e. The molecule has 0 amide bonds. The van der Waals surface area contributed by atoms with Crippen molar-refractivity contribution in [1.29, 1.82) is 0 Å². The topological polar surface area (TPSA) is 57.2 Å². The molecule has 0 saturated carbocycles. The average Bonchev–Trinajstić information content (AvgIpc) is 2.18. The van der Waals surface area contributed by atoms with E-state index in [1.807, 2.05) is 0 Å². The van der Waals surface area contributed by atoms with Gasteiger partial charge in [-0.15, -0.1) is 0 Å². The molecule has 0 aliphatic rings. The van der Waals surface area contributed by atoms with E-state index in [9.17, 15) is 19.1 Å². The van der Waals surface area contributed by atoms with Crippen LogP contribution in [-0.2, 0) is 4.79 Å². The molecule has 0 unspecified atom stereocenters. The number of hydrogen-bond acceptors (Lipinski definition) is 3. The van der Waals surface area contributed by atoms with Gasteiger partial charge in [-0.2, -0.15) is 0 Å². The number of carboxylic acid groups (broad SMARTS) is 1. The first-order chi connectivity index (χ1) is 7.00. The predicted molar refractivity (Wildman–Crippen MR) is 50.0 cm³/mol. The van der Waals surface area contributed by atoms with Gasteiger partial charge < -0.3 is 9.90 Å². The van der Waals surface area contributed by atoms with Crippen molar-refractivity contribution in [3.63, 3.8) is 0 Å². The van der Waals surface area contributed by atoms with Crippen molar-refractivity contribution >= 4 is 23.4 Å². The molecule has 0 spiro atoms. The fraction of sp³-hybridized carbons (Fsp3) is 0.200. The average molecular weight is 230 g/mol. The Bertz CT molecular complexity index is 404. The number of benzene rings is 1. The van der Waals surface area contributed by atoms with Crippen LogP contribution in [0.5, 0.6) is 0 Å². The number of aliphatic carboxylic acids is 1. The van der Waals surface area contributed by atoms with Crippen LogP contribution in [0.2, 0.25) is 5.02 Å². The normalized spacial score (nSPS) is 10.0. The van der Waals surface area contributed by atoms with E-state index in [1.165, 1.54) is 12.1 Å². The molecule has 0 atom stereocenters. The lowest BCUT2D eigenvalue weighted by molar-refractivity contribution is -0.305. The highest BCUT2D eigenvalue weighted by molar-refractivity contribution is 6.30. The van der Waals surface area contributed by atoms with Gasteiger partial charge in [-0.3, -0.25) is 4.79 Å². The standard InChI is InChI=1S/C10H8ClFO3/c11-7-2-1-6(5-8(7)12)9(13)3-4-10(14)15/h1-2,5H,3-4H2,(H,14,15)/p-1. The highest BCUT2D eigenvalue weighted by atomic mass is 35.5. The molecule has 0 heterocycles. The van der Waals surface area contributed by atoms with Crippen LogP contribution in [0.25, 0.3) is 0 Å². The maximum atomic E-state index is 12.9. The second-order valence-corrected chi connectivity index (χ2v) is 3.33. The molecule has 15 heavy (non-hydrogen) atoms. The second kappa shape index (κ2) is 4.89. The summed E-state index contributed by atoms with van der Waals surface area (Å²) in [5, 5.41) is 10.0. The molecule has 0 N–H and O–H groups in total. The predicted octanol–water partition coefficient (Wildman–Crippen LogP) is 1.19. The quantitative estimate of drug-likeness (QED) is 0.729. The minimum absolute atomic E-state index is 0.0774. The van der Waals surface area contributed by atoms with Gasteiger partial charge in [0.25, 0.3) is 0 Å². The summed E-state index contributed by atoms with van der Waals surface area (Å²) in [4.78, 5) is 21.4. The molecule has 5 heteroatoms. The molecule has 1 rings (SSSR count). The van der Waals surface area contributed by atoms with Gasteiger partial charge in [0.05, 0.1) is 5.02 Å². The summed E-state index contributed by atoms with van der Waals surface area (Å²) < 4.78 is 12.9. The van der Waals surface area contributed by atoms with Gasteiger partial charge in [-0.25, -0.2) is 4.39 Å². The summed E-state index contributed by atoms with van der Waals surface area (Å²) >= 11 is 5.42. The SMILES string of the molecule is O=C([O-])CCC(=O)c1ccc(Cl)c(F)c1. The Labute approximate surface area is 90.5 Å². The zero-order valence-electron chi connectivity index (χ0n) is 7.63. The number of hydrogen-bond donors (Lipinski definition) is 0. The highest BCUT2D eigenvalue weighted by Crippen LogP contribution is 2.16. The molecular weight excluding hydrogens is 223 g/mol. The van der Waals surface area contributed by atoms with Gasteiger partial charge in [0.1, 0.15) is 5.82 Å². The van der Waals surface area contributed by atoms with Crippen molar-refractivity contribution in [1.82, 2.24) is 0 Å². The van der Waals surface area contributed by atoms with Crippen LogP contribution in [0.4, 0.5) is 4.39 Å². The van der Waals surface area contributed by atoms with Gasteiger partial charge in [0.2, 0.25) is 0 Å². The number of Topliss-reactive ketones (excluding diaryl/α,β-unsaturated/α-hetero) is 1. The third-order valence-electron chi connectivity index (χ3n) is 1.80. The van der Waals surface area contributed by atoms with E-state index in [-0.39, 0.29) is 23.4 Å². The molecule has 1 aromatic rings. The number of carbonyl (C=O) groups excluding carboxylic acids is 2. The largest absolute Gasteiger partial charge is 0.550 e. The van der Waals surface area contributed by atoms with Gasteiger partial charge >= 0.3 is 0 Å². The number of carboxylic acids is 1. The first-order valence-electron chi connectivity index (χ1n) is 4.19. The van der Waals surface area contributed by atoms with E-state index in [2.05, 4.69) is 0 Å². The zero-order valence-corrected chi connectivity index (χ0v) is 8.38. The van der Waals surface area contributed by atoms with Crippen molar-refractivity contribution in [3.05, 3.63) is 34.6 Å². The Balaban J connectivity index is 2.74. The van der Waals surface area contributed by atoms with E-state index < -0.39 is 17.6 Å². The van der Waals surface area contributed by atoms with Gasteiger partial charge in [-0.05, 0) is 24.6 Å². The number of carbonyl (C=O) groups is 2. The summed E-state index contributed by atoms with van der Waals surface area (Å²) in [7, 11) is 0. The van der Waals surface area contributed by atoms with Crippen LogP contribution in [-0.4, -0.2) is 11.8 Å². The van der Waals surface area contributed by atoms with Crippen LogP contribution in [0.15, 0.2) is 18.2 Å². The molecule has 0 fully saturated rings. The van der Waals surface area contributed by atoms with Crippen molar-refractivity contribution in [3.8, 4) is 0 Å². The Morgan fingerprint density at radius 1 is 1.33 bits per heavy atom. The van der Waals surface area contributed by atoms with E-state index >= 15 is 0 Å². The van der Waals surface area contributed by atoms with Crippen LogP contribution in [0.3, 0.4) is 0 Å². The minimum atomic E-state index is -1.31. The lowest BCUT2D eigenvalue weighted by atomic mass is 10.1. The maximum Gasteiger partial charge on any atom is 0.163 e. The molecule has 0 aromatic heterocycles. The molecule has 0 aliphatic heterocycles. The van der Waals surface area contributed by atoms with Crippen LogP contribution in [0, 0.1) is 5.82 Å². The van der Waals surface area contributed by atoms with E-state index in [0.29, 0.717) is 0 Å². The molecule has 80 valence electrons. The first kappa shape index (κ1) is 11.7. The van der Waals surface area contributed by atoms with Gasteiger partial charge in [-0.1, -0.05) is 11.6 Å². The van der Waals surface area contributed by atoms with Crippen molar-refractivity contribution < 1.29 is 19.1 Å². The van der Waals surface area contributed by atoms with Crippen molar-refractivity contribution in [2.24, 2.45) is 0 Å². The lowest BCUT2D eigenvalue weighted by Crippen LogP contribution is -2.22. The summed E-state index contributed by atoms with van der Waals surface area (Å²) in [6.07, 6.45) is -0.577. The van der Waals surface area contributed by atoms with Crippen LogP contribution < -0.4 is 5.11 Å². The van der Waals surface area contributed by atoms with E-state index in [1.54, 1.807) is 0 Å².